The number of hydrogen-bond donors (Lipinski definition) is 3. The number of aliphatic hydroxyl groups is 1. The Bertz CT molecular complexity index is 1090. The summed E-state index contributed by atoms with van der Waals surface area (Å²) in [5.41, 5.74) is 4.60. The summed E-state index contributed by atoms with van der Waals surface area (Å²) in [4.78, 5) is 33.9. The van der Waals surface area contributed by atoms with Crippen LogP contribution in [0.4, 0.5) is 17.2 Å². The zero-order valence-corrected chi connectivity index (χ0v) is 17.0. The van der Waals surface area contributed by atoms with Crippen molar-refractivity contribution in [1.82, 2.24) is 9.97 Å². The van der Waals surface area contributed by atoms with Crippen LogP contribution in [0.3, 0.4) is 0 Å². The lowest BCUT2D eigenvalue weighted by atomic mass is 9.86. The molecule has 7 nitrogen and oxygen atoms in total. The average molecular weight is 404 g/mol. The summed E-state index contributed by atoms with van der Waals surface area (Å²) in [6.07, 6.45) is 2.57. The summed E-state index contributed by atoms with van der Waals surface area (Å²) in [6.45, 7) is 1.46. The number of fused-ring (bicyclic) bond motifs is 1. The van der Waals surface area contributed by atoms with Crippen molar-refractivity contribution in [2.24, 2.45) is 5.92 Å². The third-order valence-corrected chi connectivity index (χ3v) is 5.47. The van der Waals surface area contributed by atoms with Crippen LogP contribution in [0.25, 0.3) is 11.3 Å². The first-order chi connectivity index (χ1) is 14.5. The monoisotopic (exact) mass is 404 g/mol. The molecular formula is C23H24N4O3. The maximum atomic E-state index is 12.9. The summed E-state index contributed by atoms with van der Waals surface area (Å²) >= 11 is 0. The van der Waals surface area contributed by atoms with Gasteiger partial charge >= 0.3 is 0 Å². The summed E-state index contributed by atoms with van der Waals surface area (Å²) in [5.74, 6) is 0.330. The molecule has 0 radical (unpaired) electrons. The highest BCUT2D eigenvalue weighted by atomic mass is 16.3. The number of Topliss-reactive ketones (excluding diaryl/α,β-unsaturated/α-hetero) is 1. The van der Waals surface area contributed by atoms with Crippen molar-refractivity contribution in [3.8, 4) is 11.3 Å². The number of ketones is 1. The number of H-pyrrole nitrogens is 1. The van der Waals surface area contributed by atoms with Gasteiger partial charge in [-0.25, -0.2) is 4.98 Å². The normalized spacial score (nSPS) is 15.6. The molecule has 0 bridgehead atoms. The molecule has 1 aromatic carbocycles. The van der Waals surface area contributed by atoms with Crippen LogP contribution in [0, 0.1) is 5.92 Å². The fourth-order valence-electron chi connectivity index (χ4n) is 3.79. The Kier molecular flexibility index (Phi) is 5.37. The largest absolute Gasteiger partial charge is 0.396 e. The van der Waals surface area contributed by atoms with Gasteiger partial charge in [-0.3, -0.25) is 9.59 Å². The van der Waals surface area contributed by atoms with Gasteiger partial charge in [-0.1, -0.05) is 18.2 Å². The molecule has 30 heavy (non-hydrogen) atoms. The van der Waals surface area contributed by atoms with Gasteiger partial charge in [-0.15, -0.1) is 0 Å². The number of pyridine rings is 1. The van der Waals surface area contributed by atoms with Crippen LogP contribution >= 0.6 is 0 Å². The van der Waals surface area contributed by atoms with E-state index in [9.17, 15) is 14.7 Å². The van der Waals surface area contributed by atoms with E-state index in [0.29, 0.717) is 29.9 Å². The molecule has 1 unspecified atom stereocenters. The molecule has 2 heterocycles. The van der Waals surface area contributed by atoms with Gasteiger partial charge in [0.1, 0.15) is 5.82 Å². The SMILES string of the molecule is CC(=O)N(C)c1cc(-c2[nH]c3c(c2Nc2ccccc2)C(=O)CC(CO)C3)ccn1. The summed E-state index contributed by atoms with van der Waals surface area (Å²) in [6, 6.07) is 13.3. The lowest BCUT2D eigenvalue weighted by molar-refractivity contribution is -0.116. The molecule has 3 N–H and O–H groups in total. The van der Waals surface area contributed by atoms with Gasteiger partial charge in [-0.2, -0.15) is 0 Å². The molecule has 1 amide bonds. The topological polar surface area (TPSA) is 98.3 Å². The van der Waals surface area contributed by atoms with Crippen molar-refractivity contribution >= 4 is 28.9 Å². The predicted octanol–water partition coefficient (Wildman–Crippen LogP) is 3.54. The van der Waals surface area contributed by atoms with Crippen LogP contribution in [0.1, 0.15) is 29.4 Å². The Labute approximate surface area is 174 Å². The van der Waals surface area contributed by atoms with E-state index < -0.39 is 0 Å². The first kappa shape index (κ1) is 19.8. The first-order valence-electron chi connectivity index (χ1n) is 9.89. The maximum absolute atomic E-state index is 12.9. The molecule has 4 rings (SSSR count). The zero-order valence-electron chi connectivity index (χ0n) is 17.0. The first-order valence-corrected chi connectivity index (χ1v) is 9.89. The second-order valence-corrected chi connectivity index (χ2v) is 7.58. The number of carbonyl (C=O) groups is 2. The Morgan fingerprint density at radius 1 is 1.27 bits per heavy atom. The van der Waals surface area contributed by atoms with Crippen LogP contribution in [0.2, 0.25) is 0 Å². The maximum Gasteiger partial charge on any atom is 0.224 e. The Balaban J connectivity index is 1.84. The fraction of sp³-hybridized carbons (Fsp3) is 0.261. The number of aliphatic hydroxyl groups excluding tert-OH is 1. The lowest BCUT2D eigenvalue weighted by Gasteiger charge is -2.20. The van der Waals surface area contributed by atoms with Crippen LogP contribution in [-0.2, 0) is 11.2 Å². The number of nitrogens with zero attached hydrogens (tertiary/aromatic N) is 2. The van der Waals surface area contributed by atoms with Gasteiger partial charge in [0.2, 0.25) is 5.91 Å². The van der Waals surface area contributed by atoms with Crippen molar-refractivity contribution < 1.29 is 14.7 Å². The smallest absolute Gasteiger partial charge is 0.224 e. The number of para-hydroxylation sites is 1. The zero-order chi connectivity index (χ0) is 21.3. The van der Waals surface area contributed by atoms with Crippen molar-refractivity contribution in [3.05, 3.63) is 59.9 Å². The van der Waals surface area contributed by atoms with Gasteiger partial charge in [0.05, 0.1) is 16.9 Å². The summed E-state index contributed by atoms with van der Waals surface area (Å²) < 4.78 is 0. The predicted molar refractivity (Wildman–Crippen MR) is 116 cm³/mol. The van der Waals surface area contributed by atoms with Crippen molar-refractivity contribution in [2.45, 2.75) is 19.8 Å². The Morgan fingerprint density at radius 3 is 2.73 bits per heavy atom. The average Bonchev–Trinajstić information content (AvgIpc) is 3.12. The fourth-order valence-corrected chi connectivity index (χ4v) is 3.79. The summed E-state index contributed by atoms with van der Waals surface area (Å²) in [7, 11) is 1.67. The van der Waals surface area contributed by atoms with E-state index in [2.05, 4.69) is 15.3 Å². The minimum absolute atomic E-state index is 0.00589. The molecular weight excluding hydrogens is 380 g/mol. The minimum Gasteiger partial charge on any atom is -0.396 e. The Hall–Kier alpha value is -3.45. The van der Waals surface area contributed by atoms with E-state index in [1.54, 1.807) is 13.2 Å². The molecule has 1 aliphatic rings. The van der Waals surface area contributed by atoms with E-state index >= 15 is 0 Å². The minimum atomic E-state index is -0.117. The molecule has 0 spiro atoms. The number of rotatable bonds is 5. The van der Waals surface area contributed by atoms with Gasteiger partial charge in [0.15, 0.2) is 5.78 Å². The number of amides is 1. The molecule has 154 valence electrons. The van der Waals surface area contributed by atoms with E-state index in [0.717, 1.165) is 22.6 Å². The highest BCUT2D eigenvalue weighted by molar-refractivity contribution is 6.07. The molecule has 2 aromatic heterocycles. The standard InChI is InChI=1S/C23H24N4O3/c1-14(29)27(2)20-12-16(8-9-24-20)22-23(25-17-6-4-3-5-7-17)21-18(26-22)10-15(13-28)11-19(21)30/h3-9,12,15,25-26,28H,10-11,13H2,1-2H3. The van der Waals surface area contributed by atoms with Gasteiger partial charge < -0.3 is 20.3 Å². The highest BCUT2D eigenvalue weighted by Crippen LogP contribution is 2.40. The third kappa shape index (κ3) is 3.71. The number of aromatic nitrogens is 2. The van der Waals surface area contributed by atoms with Gasteiger partial charge in [0.25, 0.3) is 0 Å². The Morgan fingerprint density at radius 2 is 2.03 bits per heavy atom. The molecule has 0 saturated carbocycles. The number of carbonyl (C=O) groups excluding carboxylic acids is 2. The summed E-state index contributed by atoms with van der Waals surface area (Å²) in [5, 5.41) is 13.0. The van der Waals surface area contributed by atoms with Crippen LogP contribution in [0.5, 0.6) is 0 Å². The molecule has 1 atom stereocenters. The van der Waals surface area contributed by atoms with E-state index in [4.69, 9.17) is 0 Å². The number of aromatic amines is 1. The molecule has 0 aliphatic heterocycles. The number of hydrogen-bond acceptors (Lipinski definition) is 5. The van der Waals surface area contributed by atoms with Gasteiger partial charge in [-0.05, 0) is 36.6 Å². The third-order valence-electron chi connectivity index (χ3n) is 5.47. The molecule has 0 fully saturated rings. The van der Waals surface area contributed by atoms with E-state index in [1.165, 1.54) is 11.8 Å². The van der Waals surface area contributed by atoms with Crippen LogP contribution in [0.15, 0.2) is 48.7 Å². The van der Waals surface area contributed by atoms with Crippen molar-refractivity contribution in [3.63, 3.8) is 0 Å². The van der Waals surface area contributed by atoms with Crippen LogP contribution in [-0.4, -0.2) is 40.4 Å². The molecule has 1 aliphatic carbocycles. The second-order valence-electron chi connectivity index (χ2n) is 7.58. The number of nitrogens with one attached hydrogen (secondary N) is 2. The van der Waals surface area contributed by atoms with E-state index in [-0.39, 0.29) is 24.2 Å². The van der Waals surface area contributed by atoms with Crippen molar-refractivity contribution in [2.75, 3.05) is 23.9 Å². The number of benzene rings is 1. The number of anilines is 3. The quantitative estimate of drug-likeness (QED) is 0.604. The molecule has 3 aromatic rings. The van der Waals surface area contributed by atoms with Crippen molar-refractivity contribution in [1.29, 1.82) is 0 Å². The van der Waals surface area contributed by atoms with E-state index in [1.807, 2.05) is 42.5 Å². The second kappa shape index (κ2) is 8.12. The lowest BCUT2D eigenvalue weighted by Crippen LogP contribution is -2.23. The van der Waals surface area contributed by atoms with Crippen LogP contribution < -0.4 is 10.2 Å². The molecule has 0 saturated heterocycles. The van der Waals surface area contributed by atoms with Gasteiger partial charge in [0, 0.05) is 50.1 Å². The highest BCUT2D eigenvalue weighted by Gasteiger charge is 2.31. The molecule has 7 heteroatoms.